The van der Waals surface area contributed by atoms with E-state index in [1.54, 1.807) is 0 Å². The van der Waals surface area contributed by atoms with Gasteiger partial charge in [0.15, 0.2) is 6.17 Å². The third-order valence-electron chi connectivity index (χ3n) is 4.82. The summed E-state index contributed by atoms with van der Waals surface area (Å²) >= 11 is 0. The first-order valence-corrected chi connectivity index (χ1v) is 7.61. The molecule has 5 nitrogen and oxygen atoms in total. The van der Waals surface area contributed by atoms with Gasteiger partial charge >= 0.3 is 0 Å². The average Bonchev–Trinajstić information content (AvgIpc) is 2.99. The van der Waals surface area contributed by atoms with Gasteiger partial charge in [0.1, 0.15) is 0 Å². The van der Waals surface area contributed by atoms with Crippen LogP contribution in [-0.4, -0.2) is 54.6 Å². The van der Waals surface area contributed by atoms with Crippen molar-refractivity contribution in [3.63, 3.8) is 0 Å². The molecule has 4 unspecified atom stereocenters. The van der Waals surface area contributed by atoms with Crippen molar-refractivity contribution in [3.05, 3.63) is 0 Å². The first-order valence-electron chi connectivity index (χ1n) is 7.61. The number of fused-ring (bicyclic) bond motifs is 1. The van der Waals surface area contributed by atoms with Crippen LogP contribution in [0.2, 0.25) is 0 Å². The van der Waals surface area contributed by atoms with Gasteiger partial charge in [-0.15, -0.1) is 0 Å². The lowest BCUT2D eigenvalue weighted by Crippen LogP contribution is -2.64. The van der Waals surface area contributed by atoms with E-state index >= 15 is 0 Å². The van der Waals surface area contributed by atoms with E-state index in [9.17, 15) is 14.0 Å². The average molecular weight is 283 g/mol. The number of nitrogens with one attached hydrogen (secondary N) is 2. The molecule has 3 fully saturated rings. The summed E-state index contributed by atoms with van der Waals surface area (Å²) in [5, 5.41) is 6.03. The van der Waals surface area contributed by atoms with Crippen molar-refractivity contribution in [1.82, 2.24) is 15.5 Å². The third kappa shape index (κ3) is 2.53. The molecule has 2 N–H and O–H groups in total. The maximum absolute atomic E-state index is 14.4. The number of rotatable bonds is 2. The van der Waals surface area contributed by atoms with E-state index < -0.39 is 12.1 Å². The van der Waals surface area contributed by atoms with Crippen molar-refractivity contribution >= 4 is 11.8 Å². The predicted octanol–water partition coefficient (Wildman–Crippen LogP) is 0.204. The largest absolute Gasteiger partial charge is 0.350 e. The highest BCUT2D eigenvalue weighted by Gasteiger charge is 2.42. The summed E-state index contributed by atoms with van der Waals surface area (Å²) in [6, 6.07) is 0.00409. The number of hydrogen-bond donors (Lipinski definition) is 2. The summed E-state index contributed by atoms with van der Waals surface area (Å²) in [5.74, 6) is -0.877. The first-order chi connectivity index (χ1) is 9.66. The summed E-state index contributed by atoms with van der Waals surface area (Å²) in [5.41, 5.74) is 0. The topological polar surface area (TPSA) is 61.4 Å². The van der Waals surface area contributed by atoms with Gasteiger partial charge in [0, 0.05) is 18.5 Å². The lowest BCUT2D eigenvalue weighted by molar-refractivity contribution is -0.149. The molecular weight excluding hydrogens is 261 g/mol. The Morgan fingerprint density at radius 3 is 2.85 bits per heavy atom. The summed E-state index contributed by atoms with van der Waals surface area (Å²) in [6.45, 7) is 1.34. The fraction of sp³-hybridized carbons (Fsp3) is 0.857. The molecule has 1 saturated carbocycles. The summed E-state index contributed by atoms with van der Waals surface area (Å²) in [7, 11) is 0. The summed E-state index contributed by atoms with van der Waals surface area (Å²) in [4.78, 5) is 25.7. The monoisotopic (exact) mass is 283 g/mol. The van der Waals surface area contributed by atoms with Crippen LogP contribution in [0.4, 0.5) is 4.39 Å². The van der Waals surface area contributed by atoms with E-state index in [1.165, 1.54) is 4.90 Å². The zero-order valence-corrected chi connectivity index (χ0v) is 11.6. The van der Waals surface area contributed by atoms with E-state index in [-0.39, 0.29) is 30.5 Å². The molecule has 112 valence electrons. The van der Waals surface area contributed by atoms with Gasteiger partial charge in [-0.1, -0.05) is 12.8 Å². The molecule has 3 aliphatic rings. The highest BCUT2D eigenvalue weighted by atomic mass is 19.1. The van der Waals surface area contributed by atoms with E-state index in [0.29, 0.717) is 13.0 Å². The number of piperazine rings is 1. The van der Waals surface area contributed by atoms with Crippen LogP contribution >= 0.6 is 0 Å². The molecule has 20 heavy (non-hydrogen) atoms. The number of carbonyl (C=O) groups is 2. The Morgan fingerprint density at radius 2 is 2.10 bits per heavy atom. The molecule has 6 heteroatoms. The van der Waals surface area contributed by atoms with Crippen molar-refractivity contribution in [1.29, 1.82) is 0 Å². The Kier molecular flexibility index (Phi) is 3.92. The predicted molar refractivity (Wildman–Crippen MR) is 71.8 cm³/mol. The SMILES string of the molecule is O=C1CN(C(=O)C(F)C2CCNC2)C2CCCCC2N1. The van der Waals surface area contributed by atoms with Crippen LogP contribution < -0.4 is 10.6 Å². The maximum atomic E-state index is 14.4. The lowest BCUT2D eigenvalue weighted by atomic mass is 9.86. The lowest BCUT2D eigenvalue weighted by Gasteiger charge is -2.44. The van der Waals surface area contributed by atoms with Crippen molar-refractivity contribution < 1.29 is 14.0 Å². The third-order valence-corrected chi connectivity index (χ3v) is 4.82. The molecule has 0 spiro atoms. The van der Waals surface area contributed by atoms with E-state index in [2.05, 4.69) is 10.6 Å². The summed E-state index contributed by atoms with van der Waals surface area (Å²) in [6.07, 6.45) is 3.09. The van der Waals surface area contributed by atoms with Crippen LogP contribution in [0, 0.1) is 5.92 Å². The Bertz CT molecular complexity index is 398. The molecule has 0 bridgehead atoms. The smallest absolute Gasteiger partial charge is 0.258 e. The van der Waals surface area contributed by atoms with Gasteiger partial charge in [0.2, 0.25) is 5.91 Å². The zero-order valence-electron chi connectivity index (χ0n) is 11.6. The number of halogens is 1. The Hall–Kier alpha value is -1.17. The molecule has 1 aliphatic carbocycles. The molecular formula is C14H22FN3O2. The minimum absolute atomic E-state index is 0.0124. The van der Waals surface area contributed by atoms with E-state index in [1.807, 2.05) is 0 Å². The molecule has 3 rings (SSSR count). The maximum Gasteiger partial charge on any atom is 0.258 e. The minimum atomic E-state index is -1.47. The second-order valence-electron chi connectivity index (χ2n) is 6.15. The van der Waals surface area contributed by atoms with Crippen LogP contribution in [0.15, 0.2) is 0 Å². The number of alkyl halides is 1. The van der Waals surface area contributed by atoms with Crippen molar-refractivity contribution in [2.24, 2.45) is 5.92 Å². The zero-order chi connectivity index (χ0) is 14.1. The normalized spacial score (nSPS) is 35.4. The molecule has 0 aromatic heterocycles. The quantitative estimate of drug-likeness (QED) is 0.761. The molecule has 0 aromatic rings. The van der Waals surface area contributed by atoms with Gasteiger partial charge < -0.3 is 15.5 Å². The Balaban J connectivity index is 1.72. The van der Waals surface area contributed by atoms with E-state index in [0.717, 1.165) is 32.2 Å². The first kappa shape index (κ1) is 13.8. The van der Waals surface area contributed by atoms with Crippen LogP contribution in [0.1, 0.15) is 32.1 Å². The number of amides is 2. The van der Waals surface area contributed by atoms with Crippen molar-refractivity contribution in [3.8, 4) is 0 Å². The molecule has 2 amide bonds. The van der Waals surface area contributed by atoms with Crippen LogP contribution in [0.5, 0.6) is 0 Å². The Labute approximate surface area is 118 Å². The molecule has 0 aromatic carbocycles. The molecule has 2 saturated heterocycles. The van der Waals surface area contributed by atoms with Gasteiger partial charge in [0.25, 0.3) is 5.91 Å². The van der Waals surface area contributed by atoms with Crippen LogP contribution in [0.25, 0.3) is 0 Å². The fourth-order valence-electron chi connectivity index (χ4n) is 3.71. The number of hydrogen-bond acceptors (Lipinski definition) is 3. The van der Waals surface area contributed by atoms with E-state index in [4.69, 9.17) is 0 Å². The number of nitrogens with zero attached hydrogens (tertiary/aromatic N) is 1. The van der Waals surface area contributed by atoms with Crippen LogP contribution in [-0.2, 0) is 9.59 Å². The fourth-order valence-corrected chi connectivity index (χ4v) is 3.71. The standard InChI is InChI=1S/C14H22FN3O2/c15-13(9-5-6-16-7-9)14(20)18-8-12(19)17-10-3-1-2-4-11(10)18/h9-11,13,16H,1-8H2,(H,17,19). The van der Waals surface area contributed by atoms with Gasteiger partial charge in [-0.05, 0) is 25.8 Å². The number of carbonyl (C=O) groups excluding carboxylic acids is 2. The van der Waals surface area contributed by atoms with Gasteiger partial charge in [-0.2, -0.15) is 0 Å². The van der Waals surface area contributed by atoms with Gasteiger partial charge in [-0.3, -0.25) is 9.59 Å². The second-order valence-corrected chi connectivity index (χ2v) is 6.15. The second kappa shape index (κ2) is 5.68. The van der Waals surface area contributed by atoms with Gasteiger partial charge in [-0.25, -0.2) is 4.39 Å². The Morgan fingerprint density at radius 1 is 1.30 bits per heavy atom. The molecule has 2 heterocycles. The molecule has 2 aliphatic heterocycles. The molecule has 0 radical (unpaired) electrons. The highest BCUT2D eigenvalue weighted by Crippen LogP contribution is 2.28. The molecule has 4 atom stereocenters. The van der Waals surface area contributed by atoms with Gasteiger partial charge in [0.05, 0.1) is 12.6 Å². The summed E-state index contributed by atoms with van der Waals surface area (Å²) < 4.78 is 14.4. The van der Waals surface area contributed by atoms with Crippen molar-refractivity contribution in [2.45, 2.75) is 50.4 Å². The van der Waals surface area contributed by atoms with Crippen molar-refractivity contribution in [2.75, 3.05) is 19.6 Å². The van der Waals surface area contributed by atoms with Crippen LogP contribution in [0.3, 0.4) is 0 Å². The minimum Gasteiger partial charge on any atom is -0.350 e. The highest BCUT2D eigenvalue weighted by molar-refractivity contribution is 5.89.